The first-order chi connectivity index (χ1) is 10.6. The topological polar surface area (TPSA) is 73.1 Å². The van der Waals surface area contributed by atoms with Crippen LogP contribution in [-0.2, 0) is 4.79 Å². The van der Waals surface area contributed by atoms with Gasteiger partial charge in [-0.25, -0.2) is 5.43 Å². The molecule has 2 heterocycles. The highest BCUT2D eigenvalue weighted by Crippen LogP contribution is 2.30. The number of nitrogens with one attached hydrogen (secondary N) is 1. The molecule has 22 heavy (non-hydrogen) atoms. The number of benzene rings is 1. The van der Waals surface area contributed by atoms with Crippen LogP contribution in [0.25, 0.3) is 0 Å². The van der Waals surface area contributed by atoms with Crippen LogP contribution in [0.1, 0.15) is 5.76 Å². The summed E-state index contributed by atoms with van der Waals surface area (Å²) in [7, 11) is 0. The summed E-state index contributed by atoms with van der Waals surface area (Å²) >= 11 is 6.50. The molecule has 8 heteroatoms. The van der Waals surface area contributed by atoms with Crippen molar-refractivity contribution in [2.75, 3.05) is 6.61 Å². The van der Waals surface area contributed by atoms with Crippen LogP contribution in [-0.4, -0.2) is 24.8 Å². The quantitative estimate of drug-likeness (QED) is 0.601. The van der Waals surface area contributed by atoms with Gasteiger partial charge < -0.3 is 13.9 Å². The second-order valence-electron chi connectivity index (χ2n) is 4.37. The van der Waals surface area contributed by atoms with Gasteiger partial charge in [0.15, 0.2) is 16.2 Å². The van der Waals surface area contributed by atoms with Crippen molar-refractivity contribution in [2.45, 2.75) is 6.10 Å². The molecule has 0 aliphatic carbocycles. The van der Waals surface area contributed by atoms with E-state index in [-0.39, 0.29) is 6.61 Å². The molecule has 1 amide bonds. The maximum absolute atomic E-state index is 12.0. The number of halogens is 2. The number of carbonyl (C=O) groups excluding carboxylic acids is 1. The fourth-order valence-corrected chi connectivity index (χ4v) is 2.42. The van der Waals surface area contributed by atoms with Gasteiger partial charge in [0.1, 0.15) is 12.4 Å². The summed E-state index contributed by atoms with van der Waals surface area (Å²) in [5.41, 5.74) is 2.40. The lowest BCUT2D eigenvalue weighted by Gasteiger charge is -2.24. The zero-order valence-corrected chi connectivity index (χ0v) is 14.3. The SMILES string of the molecule is O=C(NN=Cc1cc(Br)c(Br)o1)C1COc2ccccc2O1. The molecule has 1 N–H and O–H groups in total. The summed E-state index contributed by atoms with van der Waals surface area (Å²) in [4.78, 5) is 12.0. The average molecular weight is 430 g/mol. The Labute approximate surface area is 142 Å². The predicted molar refractivity (Wildman–Crippen MR) is 86.2 cm³/mol. The zero-order valence-electron chi connectivity index (χ0n) is 11.1. The third kappa shape index (κ3) is 3.33. The van der Waals surface area contributed by atoms with E-state index >= 15 is 0 Å². The van der Waals surface area contributed by atoms with Crippen molar-refractivity contribution in [2.24, 2.45) is 5.10 Å². The third-order valence-electron chi connectivity index (χ3n) is 2.83. The lowest BCUT2D eigenvalue weighted by atomic mass is 10.2. The van der Waals surface area contributed by atoms with Gasteiger partial charge in [-0.3, -0.25) is 4.79 Å². The number of hydrogen-bond donors (Lipinski definition) is 1. The second kappa shape index (κ2) is 6.53. The van der Waals surface area contributed by atoms with E-state index in [1.807, 2.05) is 12.1 Å². The number of para-hydroxylation sites is 2. The van der Waals surface area contributed by atoms with Crippen LogP contribution in [0.5, 0.6) is 11.5 Å². The molecule has 1 aliphatic heterocycles. The molecule has 0 radical (unpaired) electrons. The Morgan fingerprint density at radius 2 is 2.09 bits per heavy atom. The van der Waals surface area contributed by atoms with Crippen molar-refractivity contribution in [1.29, 1.82) is 0 Å². The highest BCUT2D eigenvalue weighted by molar-refractivity contribution is 9.13. The molecule has 6 nitrogen and oxygen atoms in total. The van der Waals surface area contributed by atoms with Gasteiger partial charge in [0.05, 0.1) is 10.7 Å². The maximum atomic E-state index is 12.0. The van der Waals surface area contributed by atoms with Gasteiger partial charge in [0, 0.05) is 6.07 Å². The van der Waals surface area contributed by atoms with E-state index in [1.165, 1.54) is 6.21 Å². The molecule has 3 rings (SSSR count). The van der Waals surface area contributed by atoms with Gasteiger partial charge in [-0.15, -0.1) is 0 Å². The van der Waals surface area contributed by atoms with Crippen LogP contribution in [0.3, 0.4) is 0 Å². The monoisotopic (exact) mass is 428 g/mol. The van der Waals surface area contributed by atoms with Gasteiger partial charge >= 0.3 is 0 Å². The summed E-state index contributed by atoms with van der Waals surface area (Å²) in [5.74, 6) is 1.26. The molecule has 0 saturated carbocycles. The number of hydrogen-bond acceptors (Lipinski definition) is 5. The molecule has 1 unspecified atom stereocenters. The summed E-state index contributed by atoms with van der Waals surface area (Å²) in [6.07, 6.45) is 0.646. The predicted octanol–water partition coefficient (Wildman–Crippen LogP) is 3.09. The molecular weight excluding hydrogens is 420 g/mol. The highest BCUT2D eigenvalue weighted by Gasteiger charge is 2.26. The van der Waals surface area contributed by atoms with E-state index in [9.17, 15) is 4.79 Å². The van der Waals surface area contributed by atoms with Gasteiger partial charge in [-0.1, -0.05) is 12.1 Å². The fraction of sp³-hybridized carbons (Fsp3) is 0.143. The number of hydrazone groups is 1. The number of ether oxygens (including phenoxy) is 2. The Balaban J connectivity index is 1.59. The Kier molecular flexibility index (Phi) is 4.49. The van der Waals surface area contributed by atoms with Crippen LogP contribution in [0.4, 0.5) is 0 Å². The minimum atomic E-state index is -0.748. The van der Waals surface area contributed by atoms with Gasteiger partial charge in [0.25, 0.3) is 5.91 Å². The van der Waals surface area contributed by atoms with E-state index in [0.717, 1.165) is 4.47 Å². The molecule has 0 bridgehead atoms. The summed E-state index contributed by atoms with van der Waals surface area (Å²) in [6, 6.07) is 8.90. The van der Waals surface area contributed by atoms with Crippen LogP contribution in [0, 0.1) is 0 Å². The molecule has 1 aliphatic rings. The smallest absolute Gasteiger partial charge is 0.284 e. The summed E-state index contributed by atoms with van der Waals surface area (Å²) < 4.78 is 17.7. The van der Waals surface area contributed by atoms with E-state index in [4.69, 9.17) is 13.9 Å². The molecule has 0 fully saturated rings. The van der Waals surface area contributed by atoms with Crippen molar-refractivity contribution < 1.29 is 18.7 Å². The molecule has 2 aromatic rings. The third-order valence-corrected chi connectivity index (χ3v) is 4.54. The molecule has 0 saturated heterocycles. The lowest BCUT2D eigenvalue weighted by molar-refractivity contribution is -0.130. The van der Waals surface area contributed by atoms with E-state index < -0.39 is 12.0 Å². The van der Waals surface area contributed by atoms with Gasteiger partial charge in [-0.05, 0) is 44.0 Å². The summed E-state index contributed by atoms with van der Waals surface area (Å²) in [6.45, 7) is 0.135. The van der Waals surface area contributed by atoms with Crippen LogP contribution >= 0.6 is 31.9 Å². The molecule has 114 valence electrons. The van der Waals surface area contributed by atoms with Gasteiger partial charge in [0.2, 0.25) is 6.10 Å². The van der Waals surface area contributed by atoms with Crippen molar-refractivity contribution in [3.05, 3.63) is 45.2 Å². The molecule has 1 atom stereocenters. The number of furan rings is 1. The van der Waals surface area contributed by atoms with Crippen molar-refractivity contribution in [3.8, 4) is 11.5 Å². The van der Waals surface area contributed by atoms with Crippen molar-refractivity contribution in [1.82, 2.24) is 5.43 Å². The molecule has 1 aromatic carbocycles. The van der Waals surface area contributed by atoms with E-state index in [1.54, 1.807) is 18.2 Å². The van der Waals surface area contributed by atoms with Crippen LogP contribution in [0.2, 0.25) is 0 Å². The average Bonchev–Trinajstić information content (AvgIpc) is 2.85. The molecular formula is C14H10Br2N2O4. The number of amides is 1. The first-order valence-electron chi connectivity index (χ1n) is 6.30. The van der Waals surface area contributed by atoms with E-state index in [2.05, 4.69) is 42.4 Å². The second-order valence-corrected chi connectivity index (χ2v) is 5.94. The number of nitrogens with zero attached hydrogens (tertiary/aromatic N) is 1. The fourth-order valence-electron chi connectivity index (χ4n) is 1.81. The normalized spacial score (nSPS) is 16.7. The molecule has 0 spiro atoms. The Hall–Kier alpha value is -1.80. The van der Waals surface area contributed by atoms with E-state index in [0.29, 0.717) is 21.9 Å². The number of carbonyl (C=O) groups is 1. The minimum absolute atomic E-state index is 0.135. The van der Waals surface area contributed by atoms with Crippen LogP contribution < -0.4 is 14.9 Å². The largest absolute Gasteiger partial charge is 0.485 e. The zero-order chi connectivity index (χ0) is 15.5. The molecule has 1 aromatic heterocycles. The van der Waals surface area contributed by atoms with Crippen molar-refractivity contribution in [3.63, 3.8) is 0 Å². The Bertz CT molecular complexity index is 710. The highest BCUT2D eigenvalue weighted by atomic mass is 79.9. The lowest BCUT2D eigenvalue weighted by Crippen LogP contribution is -2.42. The minimum Gasteiger partial charge on any atom is -0.485 e. The van der Waals surface area contributed by atoms with Crippen molar-refractivity contribution >= 4 is 44.0 Å². The first kappa shape index (κ1) is 15.1. The standard InChI is InChI=1S/C14H10Br2N2O4/c15-9-5-8(21-13(9)16)6-17-18-14(19)12-7-20-10-3-1-2-4-11(10)22-12/h1-6,12H,7H2,(H,18,19). The number of fused-ring (bicyclic) bond motifs is 1. The van der Waals surface area contributed by atoms with Crippen LogP contribution in [0.15, 0.2) is 49.0 Å². The first-order valence-corrected chi connectivity index (χ1v) is 7.88. The number of rotatable bonds is 3. The maximum Gasteiger partial charge on any atom is 0.284 e. The Morgan fingerprint density at radius 3 is 2.82 bits per heavy atom. The Morgan fingerprint density at radius 1 is 1.32 bits per heavy atom. The van der Waals surface area contributed by atoms with Gasteiger partial charge in [-0.2, -0.15) is 5.10 Å². The summed E-state index contributed by atoms with van der Waals surface area (Å²) in [5, 5.41) is 3.83.